The number of hydrogen-bond acceptors (Lipinski definition) is 6. The zero-order valence-electron chi connectivity index (χ0n) is 17.0. The van der Waals surface area contributed by atoms with Crippen molar-refractivity contribution in [2.45, 2.75) is 19.4 Å². The van der Waals surface area contributed by atoms with Gasteiger partial charge in [-0.25, -0.2) is 0 Å². The average Bonchev–Trinajstić information content (AvgIpc) is 3.36. The van der Waals surface area contributed by atoms with Crippen LogP contribution < -0.4 is 14.2 Å². The van der Waals surface area contributed by atoms with Gasteiger partial charge in [0.05, 0.1) is 39.0 Å². The molecular formula is C21H24N5O3+. The van der Waals surface area contributed by atoms with Crippen molar-refractivity contribution in [2.24, 2.45) is 0 Å². The topological polar surface area (TPSA) is 71.3 Å². The van der Waals surface area contributed by atoms with Crippen LogP contribution in [0.4, 0.5) is 0 Å². The molecule has 0 N–H and O–H groups in total. The fourth-order valence-electron chi connectivity index (χ4n) is 4.35. The molecule has 0 radical (unpaired) electrons. The van der Waals surface area contributed by atoms with Crippen LogP contribution in [0.15, 0.2) is 30.3 Å². The number of hydrogen-bond donors (Lipinski definition) is 0. The van der Waals surface area contributed by atoms with E-state index in [1.165, 1.54) is 11.1 Å². The molecule has 29 heavy (non-hydrogen) atoms. The molecule has 0 spiro atoms. The molecule has 3 heterocycles. The van der Waals surface area contributed by atoms with Crippen LogP contribution in [0, 0.1) is 6.92 Å². The van der Waals surface area contributed by atoms with E-state index in [1.807, 2.05) is 16.8 Å². The van der Waals surface area contributed by atoms with Gasteiger partial charge in [-0.15, -0.1) is 5.10 Å². The fourth-order valence-corrected chi connectivity index (χ4v) is 4.35. The highest BCUT2D eigenvalue weighted by atomic mass is 16.7. The average molecular weight is 394 g/mol. The highest BCUT2D eigenvalue weighted by Crippen LogP contribution is 2.51. The van der Waals surface area contributed by atoms with E-state index in [0.29, 0.717) is 16.0 Å². The van der Waals surface area contributed by atoms with Crippen LogP contribution in [0.3, 0.4) is 0 Å². The summed E-state index contributed by atoms with van der Waals surface area (Å²) in [5, 5.41) is 12.8. The summed E-state index contributed by atoms with van der Waals surface area (Å²) in [6.07, 6.45) is 0.915. The molecule has 8 heteroatoms. The largest absolute Gasteiger partial charge is 0.492 e. The van der Waals surface area contributed by atoms with E-state index in [2.05, 4.69) is 54.7 Å². The van der Waals surface area contributed by atoms with Crippen molar-refractivity contribution in [2.75, 3.05) is 34.5 Å². The summed E-state index contributed by atoms with van der Waals surface area (Å²) in [5.74, 6) is 2.89. The van der Waals surface area contributed by atoms with Crippen molar-refractivity contribution < 1.29 is 18.7 Å². The lowest BCUT2D eigenvalue weighted by atomic mass is 9.88. The van der Waals surface area contributed by atoms with Crippen LogP contribution in [0.5, 0.6) is 17.2 Å². The van der Waals surface area contributed by atoms with E-state index >= 15 is 0 Å². The third-order valence-corrected chi connectivity index (χ3v) is 5.89. The Bertz CT molecular complexity index is 1070. The molecule has 0 saturated heterocycles. The Balaban J connectivity index is 1.73. The summed E-state index contributed by atoms with van der Waals surface area (Å²) >= 11 is 0. The third kappa shape index (κ3) is 2.74. The molecule has 1 aromatic heterocycles. The molecule has 0 bridgehead atoms. The zero-order chi connectivity index (χ0) is 20.2. The molecule has 2 aromatic carbocycles. The number of aromatic nitrogens is 4. The Morgan fingerprint density at radius 2 is 1.97 bits per heavy atom. The number of likely N-dealkylation sites (N-methyl/N-ethyl adjacent to an activating group) is 1. The number of methoxy groups -OCH3 is 1. The number of ether oxygens (including phenoxy) is 3. The number of quaternary nitrogens is 1. The first-order valence-corrected chi connectivity index (χ1v) is 9.67. The molecule has 0 amide bonds. The number of aryl methyl sites for hydroxylation is 1. The van der Waals surface area contributed by atoms with Gasteiger partial charge in [0.15, 0.2) is 17.5 Å². The maximum atomic E-state index is 5.85. The quantitative estimate of drug-likeness (QED) is 0.636. The van der Waals surface area contributed by atoms with Crippen LogP contribution in [-0.2, 0) is 6.42 Å². The van der Waals surface area contributed by atoms with E-state index in [0.717, 1.165) is 35.8 Å². The Morgan fingerprint density at radius 1 is 1.17 bits per heavy atom. The standard InChI is InChI=1S/C21H24N5O3/c1-13-5-7-15(8-6-13)25-21(22-23-24-25)18-17-14(9-10-26(18,2)3)11-16-19(20(17)27-4)29-12-28-16/h5-8,11,18H,9-10,12H2,1-4H3/q+1. The van der Waals surface area contributed by atoms with Crippen LogP contribution >= 0.6 is 0 Å². The minimum atomic E-state index is -0.112. The Labute approximate surface area is 169 Å². The summed E-state index contributed by atoms with van der Waals surface area (Å²) in [7, 11) is 6.07. The predicted octanol–water partition coefficient (Wildman–Crippen LogP) is 2.43. The molecule has 0 aliphatic carbocycles. The summed E-state index contributed by atoms with van der Waals surface area (Å²) in [6, 6.07) is 10.2. The molecule has 3 aromatic rings. The number of fused-ring (bicyclic) bond motifs is 2. The lowest BCUT2D eigenvalue weighted by Gasteiger charge is -2.42. The van der Waals surface area contributed by atoms with Crippen LogP contribution in [0.1, 0.15) is 28.6 Å². The van der Waals surface area contributed by atoms with Crippen molar-refractivity contribution in [1.82, 2.24) is 20.2 Å². The first-order valence-electron chi connectivity index (χ1n) is 9.67. The first-order chi connectivity index (χ1) is 14.0. The first kappa shape index (κ1) is 17.9. The van der Waals surface area contributed by atoms with Crippen molar-refractivity contribution >= 4 is 0 Å². The number of nitrogens with zero attached hydrogens (tertiary/aromatic N) is 5. The van der Waals surface area contributed by atoms with Gasteiger partial charge >= 0.3 is 0 Å². The smallest absolute Gasteiger partial charge is 0.231 e. The van der Waals surface area contributed by atoms with E-state index in [4.69, 9.17) is 14.2 Å². The molecule has 0 saturated carbocycles. The monoisotopic (exact) mass is 394 g/mol. The Kier molecular flexibility index (Phi) is 3.99. The minimum Gasteiger partial charge on any atom is -0.492 e. The third-order valence-electron chi connectivity index (χ3n) is 5.89. The fraction of sp³-hybridized carbons (Fsp3) is 0.381. The van der Waals surface area contributed by atoms with E-state index in [-0.39, 0.29) is 12.8 Å². The SMILES string of the molecule is COc1c2c(cc3c1C(c1nnnn1-c1ccc(C)cc1)[N+](C)(C)CC3)OCO2. The zero-order valence-corrected chi connectivity index (χ0v) is 17.0. The number of rotatable bonds is 3. The number of tetrazole rings is 1. The van der Waals surface area contributed by atoms with Crippen molar-refractivity contribution in [3.63, 3.8) is 0 Å². The highest BCUT2D eigenvalue weighted by Gasteiger charge is 2.45. The van der Waals surface area contributed by atoms with Gasteiger partial charge in [-0.2, -0.15) is 4.68 Å². The van der Waals surface area contributed by atoms with E-state index in [9.17, 15) is 0 Å². The Hall–Kier alpha value is -3.13. The van der Waals surface area contributed by atoms with Gasteiger partial charge in [0.1, 0.15) is 0 Å². The van der Waals surface area contributed by atoms with E-state index in [1.54, 1.807) is 7.11 Å². The maximum absolute atomic E-state index is 5.85. The van der Waals surface area contributed by atoms with Gasteiger partial charge in [0, 0.05) is 6.42 Å². The lowest BCUT2D eigenvalue weighted by Crippen LogP contribution is -2.49. The molecule has 2 aliphatic rings. The molecule has 5 rings (SSSR count). The van der Waals surface area contributed by atoms with Gasteiger partial charge < -0.3 is 18.7 Å². The van der Waals surface area contributed by atoms with Crippen LogP contribution in [-0.4, -0.2) is 59.2 Å². The lowest BCUT2D eigenvalue weighted by molar-refractivity contribution is -0.917. The van der Waals surface area contributed by atoms with E-state index < -0.39 is 0 Å². The summed E-state index contributed by atoms with van der Waals surface area (Å²) < 4.78 is 19.7. The van der Waals surface area contributed by atoms with Crippen molar-refractivity contribution in [1.29, 1.82) is 0 Å². The highest BCUT2D eigenvalue weighted by molar-refractivity contribution is 5.62. The summed E-state index contributed by atoms with van der Waals surface area (Å²) in [4.78, 5) is 0. The Morgan fingerprint density at radius 3 is 2.72 bits per heavy atom. The minimum absolute atomic E-state index is 0.112. The molecular weight excluding hydrogens is 370 g/mol. The maximum Gasteiger partial charge on any atom is 0.231 e. The van der Waals surface area contributed by atoms with Gasteiger partial charge in [-0.3, -0.25) is 0 Å². The molecule has 1 atom stereocenters. The van der Waals surface area contributed by atoms with Crippen LogP contribution in [0.25, 0.3) is 5.69 Å². The molecule has 2 aliphatic heterocycles. The predicted molar refractivity (Wildman–Crippen MR) is 106 cm³/mol. The second-order valence-electron chi connectivity index (χ2n) is 8.16. The van der Waals surface area contributed by atoms with Gasteiger partial charge in [-0.1, -0.05) is 17.7 Å². The second-order valence-corrected chi connectivity index (χ2v) is 8.16. The van der Waals surface area contributed by atoms with Gasteiger partial charge in [-0.05, 0) is 41.1 Å². The second kappa shape index (κ2) is 6.45. The summed E-state index contributed by atoms with van der Waals surface area (Å²) in [5.41, 5.74) is 4.38. The van der Waals surface area contributed by atoms with Gasteiger partial charge in [0.25, 0.3) is 0 Å². The van der Waals surface area contributed by atoms with Crippen molar-refractivity contribution in [3.05, 3.63) is 52.8 Å². The molecule has 8 nitrogen and oxygen atoms in total. The van der Waals surface area contributed by atoms with Gasteiger partial charge in [0.2, 0.25) is 18.4 Å². The normalized spacial score (nSPS) is 19.1. The molecule has 1 unspecified atom stereocenters. The molecule has 150 valence electrons. The summed E-state index contributed by atoms with van der Waals surface area (Å²) in [6.45, 7) is 3.22. The number of benzene rings is 2. The van der Waals surface area contributed by atoms with Crippen LogP contribution in [0.2, 0.25) is 0 Å². The molecule has 0 fully saturated rings. The van der Waals surface area contributed by atoms with Crippen molar-refractivity contribution in [3.8, 4) is 22.9 Å².